The molecule has 4 aromatic heterocycles. The van der Waals surface area contributed by atoms with E-state index in [2.05, 4.69) is 42.0 Å². The lowest BCUT2D eigenvalue weighted by Gasteiger charge is -2.46. The molecule has 1 aliphatic carbocycles. The molecule has 0 saturated carbocycles. The summed E-state index contributed by atoms with van der Waals surface area (Å²) in [5.74, 6) is -3.20. The summed E-state index contributed by atoms with van der Waals surface area (Å²) < 4.78 is 0. The van der Waals surface area contributed by atoms with Gasteiger partial charge >= 0.3 is 18.1 Å². The third-order valence-corrected chi connectivity index (χ3v) is 19.8. The van der Waals surface area contributed by atoms with Crippen molar-refractivity contribution in [1.82, 2.24) is 50.6 Å². The summed E-state index contributed by atoms with van der Waals surface area (Å²) >= 11 is 0. The number of benzene rings is 5. The molecule has 12 amide bonds. The van der Waals surface area contributed by atoms with Gasteiger partial charge in [-0.3, -0.25) is 48.5 Å². The van der Waals surface area contributed by atoms with Crippen LogP contribution < -0.4 is 47.9 Å². The molecule has 3 aliphatic heterocycles. The topological polar surface area (TPSA) is 339 Å². The number of para-hydroxylation sites is 2. The molecule has 9 aromatic rings. The molecule has 0 bridgehead atoms. The normalized spacial score (nSPS) is 18.9. The number of pyridine rings is 4. The summed E-state index contributed by atoms with van der Waals surface area (Å²) in [6.45, 7) is 3.91. The van der Waals surface area contributed by atoms with E-state index in [-0.39, 0.29) is 60.5 Å². The number of hydrogen-bond acceptors (Lipinski definition) is 16. The first kappa shape index (κ1) is 74.5. The Hall–Kier alpha value is -12.7. The second-order valence-corrected chi connectivity index (χ2v) is 26.5. The Morgan fingerprint density at radius 1 is 0.443 bits per heavy atom. The van der Waals surface area contributed by atoms with E-state index in [1.807, 2.05) is 153 Å². The highest BCUT2D eigenvalue weighted by molar-refractivity contribution is 6.15. The number of nitrogens with two attached hydrogens (primary N) is 3. The van der Waals surface area contributed by atoms with E-state index in [0.29, 0.717) is 53.8 Å². The summed E-state index contributed by atoms with van der Waals surface area (Å²) in [5.41, 5.74) is 25.9. The van der Waals surface area contributed by atoms with E-state index in [9.17, 15) is 43.2 Å². The van der Waals surface area contributed by atoms with E-state index in [0.717, 1.165) is 67.3 Å². The number of anilines is 6. The van der Waals surface area contributed by atoms with Crippen LogP contribution in [0.15, 0.2) is 225 Å². The van der Waals surface area contributed by atoms with Gasteiger partial charge in [0.05, 0.1) is 35.9 Å². The molecule has 13 rings (SSSR count). The molecular formula is C81H86N16O9. The van der Waals surface area contributed by atoms with E-state index >= 15 is 0 Å². The van der Waals surface area contributed by atoms with Crippen molar-refractivity contribution in [3.05, 3.63) is 264 Å². The smallest absolute Gasteiger partial charge is 0.325 e. The largest absolute Gasteiger partial charge is 0.384 e. The number of imide groups is 3. The van der Waals surface area contributed by atoms with Crippen molar-refractivity contribution >= 4 is 88.1 Å². The maximum absolute atomic E-state index is 13.7. The minimum absolute atomic E-state index is 0.197. The number of carbonyl (C=O) groups is 9. The fourth-order valence-electron chi connectivity index (χ4n) is 14.0. The Morgan fingerprint density at radius 3 is 1.15 bits per heavy atom. The molecule has 7 heterocycles. The zero-order valence-corrected chi connectivity index (χ0v) is 59.6. The van der Waals surface area contributed by atoms with E-state index < -0.39 is 59.9 Å². The molecule has 4 aliphatic rings. The van der Waals surface area contributed by atoms with Crippen LogP contribution in [-0.4, -0.2) is 127 Å². The highest BCUT2D eigenvalue weighted by atomic mass is 16.2. The first-order chi connectivity index (χ1) is 51.2. The van der Waals surface area contributed by atoms with Crippen molar-refractivity contribution in [2.24, 2.45) is 17.8 Å². The molecule has 0 radical (unpaired) electrons. The number of likely N-dealkylation sites (N-methyl/N-ethyl adjacent to an activating group) is 3. The van der Waals surface area contributed by atoms with E-state index in [1.54, 1.807) is 101 Å². The van der Waals surface area contributed by atoms with Gasteiger partial charge in [-0.15, -0.1) is 0 Å². The molecule has 3 saturated heterocycles. The first-order valence-corrected chi connectivity index (χ1v) is 35.3. The molecule has 106 heavy (non-hydrogen) atoms. The summed E-state index contributed by atoms with van der Waals surface area (Å²) in [4.78, 5) is 144. The van der Waals surface area contributed by atoms with Crippen molar-refractivity contribution in [3.63, 3.8) is 0 Å². The van der Waals surface area contributed by atoms with Gasteiger partial charge in [0.15, 0.2) is 0 Å². The number of rotatable bonds is 19. The highest BCUT2D eigenvalue weighted by Crippen LogP contribution is 2.38. The number of aryl methyl sites for hydroxylation is 1. The summed E-state index contributed by atoms with van der Waals surface area (Å²) in [5, 5.41) is 8.90. The van der Waals surface area contributed by atoms with Gasteiger partial charge in [0.25, 0.3) is 17.7 Å². The molecule has 9 N–H and O–H groups in total. The average Bonchev–Trinajstić information content (AvgIpc) is 0.750. The van der Waals surface area contributed by atoms with Crippen molar-refractivity contribution in [3.8, 4) is 0 Å². The number of fused-ring (bicyclic) bond motifs is 1. The Balaban J connectivity index is 0.000000159. The van der Waals surface area contributed by atoms with Gasteiger partial charge in [-0.25, -0.2) is 29.3 Å². The second-order valence-electron chi connectivity index (χ2n) is 26.5. The van der Waals surface area contributed by atoms with Crippen LogP contribution in [0.3, 0.4) is 0 Å². The highest BCUT2D eigenvalue weighted by Gasteiger charge is 2.58. The van der Waals surface area contributed by atoms with Crippen LogP contribution in [-0.2, 0) is 54.5 Å². The molecule has 0 spiro atoms. The summed E-state index contributed by atoms with van der Waals surface area (Å²) in [6.07, 6.45) is 12.7. The van der Waals surface area contributed by atoms with Crippen LogP contribution in [0.2, 0.25) is 0 Å². The zero-order valence-electron chi connectivity index (χ0n) is 59.6. The van der Waals surface area contributed by atoms with Crippen molar-refractivity contribution < 1.29 is 43.2 Å². The third-order valence-electron chi connectivity index (χ3n) is 19.8. The molecular weight excluding hydrogens is 1340 g/mol. The monoisotopic (exact) mass is 1430 g/mol. The number of likely N-dealkylation sites (tertiary alicyclic amines) is 3. The maximum Gasteiger partial charge on any atom is 0.325 e. The van der Waals surface area contributed by atoms with Gasteiger partial charge < -0.3 is 47.9 Å². The van der Waals surface area contributed by atoms with Crippen molar-refractivity contribution in [1.29, 1.82) is 0 Å². The number of aromatic nitrogens is 4. The lowest BCUT2D eigenvalue weighted by atomic mass is 9.81. The minimum Gasteiger partial charge on any atom is -0.384 e. The molecule has 3 fully saturated rings. The fourth-order valence-corrected chi connectivity index (χ4v) is 14.0. The lowest BCUT2D eigenvalue weighted by Crippen LogP contribution is -2.70. The average molecular weight is 1430 g/mol. The Bertz CT molecular complexity index is 4430. The standard InChI is InChI=1S/C28H29N5O3.C27H29N5O3.C26H28N6O3/c1-32(20-10-3-2-4-11-20)27(35)25-22(16-18-14-15-30-24(29)17-18)26(34)33(25)28(36)31-23-13-7-9-19-8-5-6-12-21(19)23;1-3-22(19-10-6-4-7-11-19)30-27(35)32-24(26(34)31(2)20-12-8-5-9-13-20)21(25(32)33)16-18-14-15-29-23(28)17-18;1-3-21(18-7-5-4-6-8-18)30-26(35)32-23(25(34)31(2)19-10-12-28-13-11-19)20(24(32)33)15-17-9-14-29-22(27)16-17/h2-6,8,10-12,14-15,17,22-23,25H,7,9,13,16H2,1H3,(H2,29,30)(H,31,36);4-15,17,21-22,24H,3,16H2,1-2H3,(H2,28,29)(H,30,35);4-14,16,20-21,23H,3,15H2,1-2H3,(H2,27,29)(H,30,35)/t22-,23?,25+;21-,22-,24+;20-,21-,23+/m111/s1. The molecule has 25 nitrogen and oxygen atoms in total. The van der Waals surface area contributed by atoms with E-state index in [1.165, 1.54) is 20.3 Å². The maximum atomic E-state index is 13.7. The van der Waals surface area contributed by atoms with Gasteiger partial charge in [0, 0.05) is 69.2 Å². The van der Waals surface area contributed by atoms with Crippen LogP contribution in [0, 0.1) is 17.8 Å². The number of amides is 12. The number of β-lactam (4-membered cyclic amide) rings is 3. The summed E-state index contributed by atoms with van der Waals surface area (Å²) in [7, 11) is 4.93. The Labute approximate surface area is 615 Å². The van der Waals surface area contributed by atoms with Gasteiger partial charge in [0.2, 0.25) is 17.7 Å². The number of nitrogen functional groups attached to an aromatic ring is 3. The van der Waals surface area contributed by atoms with Gasteiger partial charge in [-0.05, 0) is 163 Å². The number of nitrogens with zero attached hydrogens (tertiary/aromatic N) is 10. The van der Waals surface area contributed by atoms with Crippen LogP contribution >= 0.6 is 0 Å². The van der Waals surface area contributed by atoms with Gasteiger partial charge in [0.1, 0.15) is 35.6 Å². The minimum atomic E-state index is -0.955. The molecule has 544 valence electrons. The fraction of sp³-hybridized carbons (Fsp3) is 0.272. The van der Waals surface area contributed by atoms with Crippen LogP contribution in [0.25, 0.3) is 0 Å². The number of urea groups is 3. The van der Waals surface area contributed by atoms with Crippen LogP contribution in [0.1, 0.15) is 96.6 Å². The summed E-state index contributed by atoms with van der Waals surface area (Å²) in [6, 6.07) is 53.9. The second kappa shape index (κ2) is 34.1. The van der Waals surface area contributed by atoms with Gasteiger partial charge in [-0.1, -0.05) is 135 Å². The van der Waals surface area contributed by atoms with Crippen molar-refractivity contribution in [2.45, 2.75) is 101 Å². The Morgan fingerprint density at radius 2 is 0.783 bits per heavy atom. The molecule has 25 heteroatoms. The molecule has 1 unspecified atom stereocenters. The quantitative estimate of drug-likeness (QED) is 0.0410. The van der Waals surface area contributed by atoms with Crippen LogP contribution in [0.5, 0.6) is 0 Å². The third kappa shape index (κ3) is 16.8. The Kier molecular flexibility index (Phi) is 24.0. The lowest BCUT2D eigenvalue weighted by molar-refractivity contribution is -0.156. The number of nitrogens with one attached hydrogen (secondary N) is 3. The van der Waals surface area contributed by atoms with E-state index in [4.69, 9.17) is 17.2 Å². The van der Waals surface area contributed by atoms with Gasteiger partial charge in [-0.2, -0.15) is 0 Å². The molecule has 9 atom stereocenters. The molecule has 5 aromatic carbocycles. The predicted octanol–water partition coefficient (Wildman–Crippen LogP) is 9.99. The number of hydrogen-bond donors (Lipinski definition) is 6. The SMILES string of the molecule is CC[C@@H](NC(=O)N1C(=O)[C@H](Cc2ccnc(N)c2)[C@H]1C(=O)N(C)c1ccccc1)c1ccccc1.CC[C@@H](NC(=O)N1C(=O)[C@H](Cc2ccnc(N)c2)[C@H]1C(=O)N(C)c1ccncc1)c1ccccc1.CN(C(=O)[C@@H]1[C@@H](Cc2ccnc(N)c2)C(=O)N1C(=O)NC1CCCc2ccccc21)c1ccccc1. The zero-order chi connectivity index (χ0) is 75.1. The van der Waals surface area contributed by atoms with Crippen molar-refractivity contribution in [2.75, 3.05) is 53.0 Å². The predicted molar refractivity (Wildman–Crippen MR) is 403 cm³/mol. The number of carbonyl (C=O) groups excluding carboxylic acids is 9. The first-order valence-electron chi connectivity index (χ1n) is 35.3. The van der Waals surface area contributed by atoms with Crippen LogP contribution in [0.4, 0.5) is 48.9 Å².